The molecule has 4 nitrogen and oxygen atoms in total. The number of hydrogen-bond donors (Lipinski definition) is 0. The average Bonchev–Trinajstić information content (AvgIpc) is 2.90. The molecule has 0 bridgehead atoms. The Balaban J connectivity index is 1.95. The molecular formula is C17H22O4. The smallest absolute Gasteiger partial charge is 0.323 e. The van der Waals surface area contributed by atoms with Gasteiger partial charge >= 0.3 is 11.9 Å². The Morgan fingerprint density at radius 2 is 1.38 bits per heavy atom. The maximum atomic E-state index is 12.2. The predicted molar refractivity (Wildman–Crippen MR) is 77.3 cm³/mol. The minimum atomic E-state index is -1.17. The summed E-state index contributed by atoms with van der Waals surface area (Å²) in [7, 11) is 2.66. The molecule has 21 heavy (non-hydrogen) atoms. The summed E-state index contributed by atoms with van der Waals surface area (Å²) >= 11 is 0. The molecule has 114 valence electrons. The zero-order valence-electron chi connectivity index (χ0n) is 12.7. The van der Waals surface area contributed by atoms with Gasteiger partial charge in [-0.1, -0.05) is 25.0 Å². The van der Waals surface area contributed by atoms with Gasteiger partial charge in [0.05, 0.1) is 14.2 Å². The highest BCUT2D eigenvalue weighted by Gasteiger charge is 2.54. The SMILES string of the molecule is COC(=O)C1(C(=O)OC)CC2=CC3CCCCC3C=C2C1. The van der Waals surface area contributed by atoms with Gasteiger partial charge in [-0.05, 0) is 48.7 Å². The van der Waals surface area contributed by atoms with Gasteiger partial charge in [0, 0.05) is 0 Å². The minimum absolute atomic E-state index is 0.418. The van der Waals surface area contributed by atoms with E-state index in [1.165, 1.54) is 39.9 Å². The second kappa shape index (κ2) is 5.32. The van der Waals surface area contributed by atoms with Crippen LogP contribution in [0.1, 0.15) is 38.5 Å². The van der Waals surface area contributed by atoms with E-state index in [2.05, 4.69) is 12.2 Å². The molecule has 0 saturated heterocycles. The highest BCUT2D eigenvalue weighted by Crippen LogP contribution is 2.51. The van der Waals surface area contributed by atoms with Crippen LogP contribution < -0.4 is 0 Å². The van der Waals surface area contributed by atoms with Crippen molar-refractivity contribution >= 4 is 11.9 Å². The summed E-state index contributed by atoms with van der Waals surface area (Å²) in [5.74, 6) is 0.189. The van der Waals surface area contributed by atoms with Crippen molar-refractivity contribution in [2.24, 2.45) is 17.3 Å². The fourth-order valence-corrected chi connectivity index (χ4v) is 4.15. The quantitative estimate of drug-likeness (QED) is 0.579. The molecule has 3 aliphatic rings. The monoisotopic (exact) mass is 290 g/mol. The molecule has 3 aliphatic carbocycles. The Hall–Kier alpha value is -1.58. The number of ether oxygens (including phenoxy) is 2. The van der Waals surface area contributed by atoms with Gasteiger partial charge in [-0.25, -0.2) is 0 Å². The van der Waals surface area contributed by atoms with Crippen LogP contribution in [0, 0.1) is 17.3 Å². The second-order valence-corrected chi connectivity index (χ2v) is 6.41. The van der Waals surface area contributed by atoms with E-state index in [0.717, 1.165) is 11.1 Å². The van der Waals surface area contributed by atoms with Gasteiger partial charge < -0.3 is 9.47 Å². The van der Waals surface area contributed by atoms with Crippen LogP contribution in [-0.4, -0.2) is 26.2 Å². The fraction of sp³-hybridized carbons (Fsp3) is 0.647. The van der Waals surface area contributed by atoms with Gasteiger partial charge in [0.15, 0.2) is 5.41 Å². The van der Waals surface area contributed by atoms with E-state index in [1.807, 2.05) is 0 Å². The zero-order valence-corrected chi connectivity index (χ0v) is 12.7. The summed E-state index contributed by atoms with van der Waals surface area (Å²) in [5.41, 5.74) is 1.12. The van der Waals surface area contributed by atoms with Gasteiger partial charge in [-0.2, -0.15) is 0 Å². The standard InChI is InChI=1S/C17H22O4/c1-20-15(18)17(16(19)21-2)9-13-7-11-5-3-4-6-12(11)8-14(13)10-17/h7-8,11-12H,3-6,9-10H2,1-2H3. The summed E-state index contributed by atoms with van der Waals surface area (Å²) in [5, 5.41) is 0. The number of esters is 2. The van der Waals surface area contributed by atoms with Gasteiger partial charge in [-0.3, -0.25) is 9.59 Å². The largest absolute Gasteiger partial charge is 0.468 e. The lowest BCUT2D eigenvalue weighted by atomic mass is 9.74. The minimum Gasteiger partial charge on any atom is -0.468 e. The summed E-state index contributed by atoms with van der Waals surface area (Å²) in [6.45, 7) is 0. The van der Waals surface area contributed by atoms with Crippen molar-refractivity contribution < 1.29 is 19.1 Å². The number of methoxy groups -OCH3 is 2. The number of carbonyl (C=O) groups is 2. The molecule has 0 aromatic heterocycles. The van der Waals surface area contributed by atoms with Gasteiger partial charge in [-0.15, -0.1) is 0 Å². The number of fused-ring (bicyclic) bond motifs is 2. The van der Waals surface area contributed by atoms with Crippen LogP contribution in [-0.2, 0) is 19.1 Å². The van der Waals surface area contributed by atoms with E-state index >= 15 is 0 Å². The second-order valence-electron chi connectivity index (χ2n) is 6.41. The summed E-state index contributed by atoms with van der Waals surface area (Å²) in [6, 6.07) is 0. The Bertz CT molecular complexity index is 481. The van der Waals surface area contributed by atoms with Crippen LogP contribution in [0.25, 0.3) is 0 Å². The van der Waals surface area contributed by atoms with Crippen molar-refractivity contribution in [1.82, 2.24) is 0 Å². The first-order chi connectivity index (χ1) is 10.1. The fourth-order valence-electron chi connectivity index (χ4n) is 4.15. The maximum Gasteiger partial charge on any atom is 0.323 e. The van der Waals surface area contributed by atoms with Gasteiger partial charge in [0.1, 0.15) is 0 Å². The summed E-state index contributed by atoms with van der Waals surface area (Å²) < 4.78 is 9.78. The van der Waals surface area contributed by atoms with Crippen molar-refractivity contribution in [3.63, 3.8) is 0 Å². The van der Waals surface area contributed by atoms with Crippen molar-refractivity contribution in [3.05, 3.63) is 23.3 Å². The Morgan fingerprint density at radius 1 is 0.952 bits per heavy atom. The van der Waals surface area contributed by atoms with Crippen LogP contribution in [0.5, 0.6) is 0 Å². The molecule has 2 unspecified atom stereocenters. The molecule has 0 heterocycles. The van der Waals surface area contributed by atoms with Crippen LogP contribution in [0.2, 0.25) is 0 Å². The molecule has 0 amide bonds. The molecular weight excluding hydrogens is 268 g/mol. The predicted octanol–water partition coefficient (Wildman–Crippen LogP) is 2.79. The number of carbonyl (C=O) groups excluding carboxylic acids is 2. The van der Waals surface area contributed by atoms with Crippen LogP contribution in [0.4, 0.5) is 0 Å². The number of allylic oxidation sites excluding steroid dienone is 4. The maximum absolute atomic E-state index is 12.2. The molecule has 2 atom stereocenters. The molecule has 0 radical (unpaired) electrons. The molecule has 2 saturated carbocycles. The first-order valence-corrected chi connectivity index (χ1v) is 7.69. The Kier molecular flexibility index (Phi) is 3.64. The van der Waals surface area contributed by atoms with Crippen molar-refractivity contribution in [2.45, 2.75) is 38.5 Å². The number of hydrogen-bond acceptors (Lipinski definition) is 4. The first kappa shape index (κ1) is 14.4. The molecule has 0 N–H and O–H groups in total. The Morgan fingerprint density at radius 3 is 1.76 bits per heavy atom. The molecule has 0 spiro atoms. The molecule has 3 rings (SSSR count). The summed E-state index contributed by atoms with van der Waals surface area (Å²) in [6.07, 6.45) is 10.4. The van der Waals surface area contributed by atoms with Crippen molar-refractivity contribution in [3.8, 4) is 0 Å². The van der Waals surface area contributed by atoms with E-state index in [9.17, 15) is 9.59 Å². The lowest BCUT2D eigenvalue weighted by molar-refractivity contribution is -0.168. The van der Waals surface area contributed by atoms with E-state index < -0.39 is 17.4 Å². The number of rotatable bonds is 2. The normalized spacial score (nSPS) is 29.6. The van der Waals surface area contributed by atoms with E-state index in [4.69, 9.17) is 9.47 Å². The Labute approximate surface area is 125 Å². The van der Waals surface area contributed by atoms with Crippen LogP contribution in [0.15, 0.2) is 23.3 Å². The molecule has 4 heteroatoms. The van der Waals surface area contributed by atoms with E-state index in [0.29, 0.717) is 24.7 Å². The third-order valence-corrected chi connectivity index (χ3v) is 5.25. The van der Waals surface area contributed by atoms with Crippen LogP contribution >= 0.6 is 0 Å². The molecule has 2 fully saturated rings. The zero-order chi connectivity index (χ0) is 15.0. The average molecular weight is 290 g/mol. The third-order valence-electron chi connectivity index (χ3n) is 5.25. The first-order valence-electron chi connectivity index (χ1n) is 7.69. The molecule has 0 aromatic carbocycles. The third kappa shape index (κ3) is 2.21. The molecule has 0 aromatic rings. The van der Waals surface area contributed by atoms with E-state index in [-0.39, 0.29) is 0 Å². The van der Waals surface area contributed by atoms with Gasteiger partial charge in [0.2, 0.25) is 0 Å². The lowest BCUT2D eigenvalue weighted by Gasteiger charge is -2.31. The van der Waals surface area contributed by atoms with Crippen molar-refractivity contribution in [1.29, 1.82) is 0 Å². The van der Waals surface area contributed by atoms with Crippen molar-refractivity contribution in [2.75, 3.05) is 14.2 Å². The van der Waals surface area contributed by atoms with E-state index in [1.54, 1.807) is 0 Å². The molecule has 0 aliphatic heterocycles. The van der Waals surface area contributed by atoms with Gasteiger partial charge in [0.25, 0.3) is 0 Å². The lowest BCUT2D eigenvalue weighted by Crippen LogP contribution is -2.38. The van der Waals surface area contributed by atoms with Crippen LogP contribution in [0.3, 0.4) is 0 Å². The summed E-state index contributed by atoms with van der Waals surface area (Å²) in [4.78, 5) is 24.4. The highest BCUT2D eigenvalue weighted by molar-refractivity contribution is 6.02. The highest BCUT2D eigenvalue weighted by atomic mass is 16.5. The topological polar surface area (TPSA) is 52.6 Å².